The Morgan fingerprint density at radius 1 is 1.27 bits per heavy atom. The smallest absolute Gasteiger partial charge is 0.280 e. The van der Waals surface area contributed by atoms with E-state index in [2.05, 4.69) is 15.0 Å². The Labute approximate surface area is 127 Å². The number of aliphatic imine (C=N–C) groups is 1. The van der Waals surface area contributed by atoms with Crippen molar-refractivity contribution in [2.75, 3.05) is 31.1 Å². The number of guanidine groups is 1. The second-order valence-corrected chi connectivity index (χ2v) is 5.05. The zero-order valence-electron chi connectivity index (χ0n) is 11.9. The van der Waals surface area contributed by atoms with Crippen LogP contribution in [-0.2, 0) is 0 Å². The summed E-state index contributed by atoms with van der Waals surface area (Å²) < 4.78 is 5.74. The highest BCUT2D eigenvalue weighted by molar-refractivity contribution is 6.17. The maximum atomic E-state index is 12.3. The molecule has 2 aromatic rings. The van der Waals surface area contributed by atoms with Crippen LogP contribution in [0.3, 0.4) is 0 Å². The summed E-state index contributed by atoms with van der Waals surface area (Å²) >= 11 is 0. The number of para-hydroxylation sites is 1. The van der Waals surface area contributed by atoms with Crippen LogP contribution in [0, 0.1) is 0 Å². The number of nitrogens with zero attached hydrogens (tertiary/aromatic N) is 4. The monoisotopic (exact) mass is 297 g/mol. The molecule has 112 valence electrons. The number of aromatic amines is 1. The Morgan fingerprint density at radius 3 is 3.00 bits per heavy atom. The van der Waals surface area contributed by atoms with Gasteiger partial charge in [0.2, 0.25) is 5.96 Å². The van der Waals surface area contributed by atoms with Crippen LogP contribution in [0.2, 0.25) is 0 Å². The van der Waals surface area contributed by atoms with Gasteiger partial charge in [0.1, 0.15) is 18.1 Å². The molecule has 0 unspecified atom stereocenters. The van der Waals surface area contributed by atoms with Crippen molar-refractivity contribution >= 4 is 17.7 Å². The fraction of sp³-hybridized carbons (Fsp3) is 0.267. The molecule has 2 aliphatic heterocycles. The second-order valence-electron chi connectivity index (χ2n) is 5.05. The van der Waals surface area contributed by atoms with E-state index in [1.807, 2.05) is 35.2 Å². The van der Waals surface area contributed by atoms with Crippen molar-refractivity contribution in [2.24, 2.45) is 4.99 Å². The van der Waals surface area contributed by atoms with Gasteiger partial charge in [0.15, 0.2) is 5.82 Å². The number of ether oxygens (including phenoxy) is 1. The van der Waals surface area contributed by atoms with E-state index in [-0.39, 0.29) is 5.91 Å². The fourth-order valence-corrected chi connectivity index (χ4v) is 2.71. The maximum Gasteiger partial charge on any atom is 0.280 e. The molecule has 1 amide bonds. The van der Waals surface area contributed by atoms with Crippen molar-refractivity contribution in [3.63, 3.8) is 0 Å². The molecule has 0 atom stereocenters. The first kappa shape index (κ1) is 12.9. The maximum absolute atomic E-state index is 12.3. The number of nitrogens with one attached hydrogen (secondary N) is 1. The third-order valence-electron chi connectivity index (χ3n) is 3.72. The van der Waals surface area contributed by atoms with Crippen molar-refractivity contribution in [1.82, 2.24) is 14.9 Å². The normalized spacial score (nSPS) is 16.4. The summed E-state index contributed by atoms with van der Waals surface area (Å²) in [5, 5.41) is 0. The number of amides is 1. The van der Waals surface area contributed by atoms with Crippen molar-refractivity contribution in [3.8, 4) is 5.75 Å². The molecule has 0 saturated heterocycles. The van der Waals surface area contributed by atoms with Gasteiger partial charge >= 0.3 is 0 Å². The molecule has 0 saturated carbocycles. The summed E-state index contributed by atoms with van der Waals surface area (Å²) in [4.78, 5) is 27.5. The van der Waals surface area contributed by atoms with Crippen LogP contribution in [0.5, 0.6) is 5.75 Å². The summed E-state index contributed by atoms with van der Waals surface area (Å²) in [7, 11) is 0. The molecule has 0 bridgehead atoms. The van der Waals surface area contributed by atoms with Crippen LogP contribution >= 0.6 is 0 Å². The molecule has 0 fully saturated rings. The lowest BCUT2D eigenvalue weighted by Gasteiger charge is -2.32. The van der Waals surface area contributed by atoms with Gasteiger partial charge in [-0.25, -0.2) is 4.98 Å². The number of imidazole rings is 1. The third kappa shape index (κ3) is 2.02. The minimum absolute atomic E-state index is 0.0658. The first-order valence-electron chi connectivity index (χ1n) is 7.19. The van der Waals surface area contributed by atoms with Gasteiger partial charge in [-0.15, -0.1) is 0 Å². The number of carbonyl (C=O) groups excluding carboxylic acids is 1. The zero-order chi connectivity index (χ0) is 14.9. The summed E-state index contributed by atoms with van der Waals surface area (Å²) in [6.45, 7) is 2.30. The van der Waals surface area contributed by atoms with Crippen molar-refractivity contribution in [3.05, 3.63) is 42.4 Å². The van der Waals surface area contributed by atoms with E-state index in [4.69, 9.17) is 4.74 Å². The molecule has 7 heteroatoms. The molecule has 4 rings (SSSR count). The van der Waals surface area contributed by atoms with Crippen LogP contribution in [0.4, 0.5) is 5.82 Å². The molecule has 2 aliphatic rings. The summed E-state index contributed by atoms with van der Waals surface area (Å²) in [5.41, 5.74) is 0.514. The van der Waals surface area contributed by atoms with Gasteiger partial charge in [0.05, 0.1) is 19.4 Å². The van der Waals surface area contributed by atoms with Crippen LogP contribution in [0.1, 0.15) is 10.5 Å². The summed E-state index contributed by atoms with van der Waals surface area (Å²) in [6.07, 6.45) is 1.54. The van der Waals surface area contributed by atoms with E-state index in [0.717, 1.165) is 5.75 Å². The molecule has 1 N–H and O–H groups in total. The predicted molar refractivity (Wildman–Crippen MR) is 81.2 cm³/mol. The Hall–Kier alpha value is -2.83. The van der Waals surface area contributed by atoms with E-state index < -0.39 is 0 Å². The van der Waals surface area contributed by atoms with Gasteiger partial charge in [-0.3, -0.25) is 19.6 Å². The van der Waals surface area contributed by atoms with Gasteiger partial charge in [-0.05, 0) is 12.1 Å². The SMILES string of the molecule is O=C1c2[nH]cnc2N(CCOc2ccccc2)C2=NCCN12. The molecule has 22 heavy (non-hydrogen) atoms. The molecule has 1 aromatic carbocycles. The van der Waals surface area contributed by atoms with Crippen LogP contribution in [0.15, 0.2) is 41.7 Å². The van der Waals surface area contributed by atoms with Crippen molar-refractivity contribution < 1.29 is 9.53 Å². The van der Waals surface area contributed by atoms with Gasteiger partial charge in [0.25, 0.3) is 5.91 Å². The molecule has 1 aromatic heterocycles. The second kappa shape index (κ2) is 5.18. The molecular weight excluding hydrogens is 282 g/mol. The Bertz CT molecular complexity index is 725. The minimum Gasteiger partial charge on any atom is -0.492 e. The highest BCUT2D eigenvalue weighted by atomic mass is 16.5. The number of fused-ring (bicyclic) bond motifs is 2. The number of aromatic nitrogens is 2. The van der Waals surface area contributed by atoms with Gasteiger partial charge in [0, 0.05) is 6.54 Å². The Kier molecular flexibility index (Phi) is 3.03. The molecule has 0 radical (unpaired) electrons. The fourth-order valence-electron chi connectivity index (χ4n) is 2.71. The lowest BCUT2D eigenvalue weighted by molar-refractivity contribution is 0.0846. The predicted octanol–water partition coefficient (Wildman–Crippen LogP) is 1.12. The first-order valence-corrected chi connectivity index (χ1v) is 7.19. The lowest BCUT2D eigenvalue weighted by Crippen LogP contribution is -2.51. The minimum atomic E-state index is -0.0658. The molecule has 0 spiro atoms. The topological polar surface area (TPSA) is 73.8 Å². The molecule has 3 heterocycles. The first-order chi connectivity index (χ1) is 10.8. The van der Waals surface area contributed by atoms with Crippen molar-refractivity contribution in [2.45, 2.75) is 0 Å². The highest BCUT2D eigenvalue weighted by Gasteiger charge is 2.38. The van der Waals surface area contributed by atoms with Crippen molar-refractivity contribution in [1.29, 1.82) is 0 Å². The number of carbonyl (C=O) groups is 1. The number of hydrogen-bond acceptors (Lipinski definition) is 5. The number of anilines is 1. The number of benzene rings is 1. The highest BCUT2D eigenvalue weighted by Crippen LogP contribution is 2.27. The van der Waals surface area contributed by atoms with E-state index in [1.54, 1.807) is 4.90 Å². The number of rotatable bonds is 4. The standard InChI is InChI=1S/C15H15N5O2/c21-14-12-13(18-10-17-12)19(15-16-6-7-20(14)15)8-9-22-11-4-2-1-3-5-11/h1-5,10H,6-9H2,(H,17,18). The van der Waals surface area contributed by atoms with E-state index in [1.165, 1.54) is 6.33 Å². The van der Waals surface area contributed by atoms with E-state index in [9.17, 15) is 4.79 Å². The molecule has 7 nitrogen and oxygen atoms in total. The third-order valence-corrected chi connectivity index (χ3v) is 3.72. The van der Waals surface area contributed by atoms with Crippen LogP contribution in [0.25, 0.3) is 0 Å². The largest absolute Gasteiger partial charge is 0.492 e. The molecular formula is C15H15N5O2. The van der Waals surface area contributed by atoms with Gasteiger partial charge < -0.3 is 9.72 Å². The quantitative estimate of drug-likeness (QED) is 0.918. The van der Waals surface area contributed by atoms with Gasteiger partial charge in [-0.1, -0.05) is 18.2 Å². The Balaban J connectivity index is 1.53. The Morgan fingerprint density at radius 2 is 2.14 bits per heavy atom. The zero-order valence-corrected chi connectivity index (χ0v) is 11.9. The number of H-pyrrole nitrogens is 1. The lowest BCUT2D eigenvalue weighted by atomic mass is 10.3. The number of hydrogen-bond donors (Lipinski definition) is 1. The van der Waals surface area contributed by atoms with E-state index >= 15 is 0 Å². The van der Waals surface area contributed by atoms with E-state index in [0.29, 0.717) is 43.7 Å². The summed E-state index contributed by atoms with van der Waals surface area (Å²) in [5.74, 6) is 2.05. The van der Waals surface area contributed by atoms with Gasteiger partial charge in [-0.2, -0.15) is 0 Å². The summed E-state index contributed by atoms with van der Waals surface area (Å²) in [6, 6.07) is 9.65. The average molecular weight is 297 g/mol. The van der Waals surface area contributed by atoms with Crippen LogP contribution in [-0.4, -0.2) is 53.0 Å². The van der Waals surface area contributed by atoms with Crippen LogP contribution < -0.4 is 9.64 Å². The molecule has 0 aliphatic carbocycles. The average Bonchev–Trinajstić information content (AvgIpc) is 3.21.